The maximum absolute atomic E-state index is 8.73. The molecular weight excluding hydrogens is 396 g/mol. The Morgan fingerprint density at radius 3 is 2.44 bits per heavy atom. The van der Waals surface area contributed by atoms with E-state index in [1.165, 1.54) is 11.1 Å². The Labute approximate surface area is 190 Å². The van der Waals surface area contributed by atoms with Gasteiger partial charge in [-0.3, -0.25) is 5.41 Å². The number of nitrogens with zero attached hydrogens (tertiary/aromatic N) is 2. The van der Waals surface area contributed by atoms with Crippen molar-refractivity contribution in [3.8, 4) is 0 Å². The lowest BCUT2D eigenvalue weighted by Crippen LogP contribution is -2.29. The van der Waals surface area contributed by atoms with Crippen molar-refractivity contribution in [3.05, 3.63) is 83.0 Å². The Hall–Kier alpha value is -3.25. The minimum absolute atomic E-state index is 0.338. The van der Waals surface area contributed by atoms with Gasteiger partial charge in [0.2, 0.25) is 5.95 Å². The van der Waals surface area contributed by atoms with Crippen molar-refractivity contribution in [2.75, 3.05) is 17.2 Å². The van der Waals surface area contributed by atoms with Crippen LogP contribution >= 0.6 is 0 Å². The summed E-state index contributed by atoms with van der Waals surface area (Å²) in [6, 6.07) is 18.5. The first-order valence-corrected chi connectivity index (χ1v) is 11.4. The van der Waals surface area contributed by atoms with Crippen LogP contribution in [0.2, 0.25) is 0 Å². The number of benzene rings is 2. The molecule has 3 aromatic rings. The number of hydrogen-bond donors (Lipinski definition) is 4. The summed E-state index contributed by atoms with van der Waals surface area (Å²) < 4.78 is 0. The van der Waals surface area contributed by atoms with Crippen LogP contribution < -0.4 is 16.4 Å². The molecule has 0 unspecified atom stereocenters. The molecule has 1 aromatic heterocycles. The van der Waals surface area contributed by atoms with Crippen molar-refractivity contribution in [2.24, 2.45) is 11.7 Å². The predicted molar refractivity (Wildman–Crippen MR) is 131 cm³/mol. The van der Waals surface area contributed by atoms with Crippen LogP contribution in [0.3, 0.4) is 0 Å². The van der Waals surface area contributed by atoms with Crippen molar-refractivity contribution in [3.63, 3.8) is 0 Å². The molecule has 0 atom stereocenters. The number of hydrogen-bond acceptors (Lipinski definition) is 6. The summed E-state index contributed by atoms with van der Waals surface area (Å²) in [5.74, 6) is 1.84. The van der Waals surface area contributed by atoms with Gasteiger partial charge in [-0.1, -0.05) is 60.2 Å². The highest BCUT2D eigenvalue weighted by Crippen LogP contribution is 2.25. The summed E-state index contributed by atoms with van der Waals surface area (Å²) >= 11 is 0. The van der Waals surface area contributed by atoms with Crippen LogP contribution in [0.1, 0.15) is 47.9 Å². The Kier molecular flexibility index (Phi) is 7.12. The van der Waals surface area contributed by atoms with Gasteiger partial charge in [-0.2, -0.15) is 4.98 Å². The fourth-order valence-corrected chi connectivity index (χ4v) is 4.07. The molecule has 166 valence electrons. The van der Waals surface area contributed by atoms with Crippen molar-refractivity contribution in [1.29, 1.82) is 5.41 Å². The summed E-state index contributed by atoms with van der Waals surface area (Å²) in [4.78, 5) is 9.26. The van der Waals surface area contributed by atoms with E-state index in [4.69, 9.17) is 16.1 Å². The highest BCUT2D eigenvalue weighted by atomic mass is 15.1. The summed E-state index contributed by atoms with van der Waals surface area (Å²) in [6.07, 6.45) is 6.16. The van der Waals surface area contributed by atoms with Crippen LogP contribution in [0.25, 0.3) is 0 Å². The first kappa shape index (κ1) is 22.0. The predicted octanol–water partition coefficient (Wildman–Crippen LogP) is 4.74. The van der Waals surface area contributed by atoms with E-state index in [2.05, 4.69) is 46.8 Å². The second-order valence-corrected chi connectivity index (χ2v) is 8.70. The van der Waals surface area contributed by atoms with Crippen molar-refractivity contribution < 1.29 is 0 Å². The fraction of sp³-hybridized carbons (Fsp3) is 0.346. The molecule has 4 rings (SSSR count). The Balaban J connectivity index is 1.51. The lowest BCUT2D eigenvalue weighted by atomic mass is 9.86. The van der Waals surface area contributed by atoms with Gasteiger partial charge in [-0.15, -0.1) is 0 Å². The fourth-order valence-electron chi connectivity index (χ4n) is 4.07. The van der Waals surface area contributed by atoms with Gasteiger partial charge in [-0.05, 0) is 44.1 Å². The quantitative estimate of drug-likeness (QED) is 0.388. The van der Waals surface area contributed by atoms with Gasteiger partial charge in [0, 0.05) is 30.9 Å². The van der Waals surface area contributed by atoms with Crippen LogP contribution in [-0.4, -0.2) is 28.3 Å². The summed E-state index contributed by atoms with van der Waals surface area (Å²) in [5, 5.41) is 15.6. The second-order valence-electron chi connectivity index (χ2n) is 8.70. The van der Waals surface area contributed by atoms with Crippen LogP contribution in [0, 0.1) is 18.3 Å². The molecule has 1 aliphatic carbocycles. The molecule has 1 aliphatic rings. The Morgan fingerprint density at radius 2 is 1.72 bits per heavy atom. The maximum atomic E-state index is 8.73. The molecule has 1 fully saturated rings. The van der Waals surface area contributed by atoms with E-state index < -0.39 is 0 Å². The molecule has 0 radical (unpaired) electrons. The van der Waals surface area contributed by atoms with E-state index in [0.29, 0.717) is 41.5 Å². The van der Waals surface area contributed by atoms with Gasteiger partial charge >= 0.3 is 0 Å². The molecule has 5 N–H and O–H groups in total. The zero-order valence-electron chi connectivity index (χ0n) is 18.6. The number of rotatable bonds is 8. The van der Waals surface area contributed by atoms with E-state index in [-0.39, 0.29) is 0 Å². The molecule has 0 aliphatic heterocycles. The highest BCUT2D eigenvalue weighted by molar-refractivity contribution is 6.13. The van der Waals surface area contributed by atoms with Gasteiger partial charge < -0.3 is 16.4 Å². The topological polar surface area (TPSA) is 99.7 Å². The van der Waals surface area contributed by atoms with Gasteiger partial charge in [0.1, 0.15) is 5.82 Å². The van der Waals surface area contributed by atoms with E-state index in [0.717, 1.165) is 37.8 Å². The van der Waals surface area contributed by atoms with Gasteiger partial charge in [-0.25, -0.2) is 4.98 Å². The average molecular weight is 429 g/mol. The monoisotopic (exact) mass is 428 g/mol. The maximum Gasteiger partial charge on any atom is 0.224 e. The molecule has 6 heteroatoms. The van der Waals surface area contributed by atoms with Gasteiger partial charge in [0.15, 0.2) is 0 Å². The molecule has 1 heterocycles. The summed E-state index contributed by atoms with van der Waals surface area (Å²) in [7, 11) is 0. The lowest BCUT2D eigenvalue weighted by Gasteiger charge is -2.26. The molecule has 6 nitrogen and oxygen atoms in total. The highest BCUT2D eigenvalue weighted by Gasteiger charge is 2.20. The standard InChI is InChI=1S/C26H32N6/c1-18-7-9-19(10-8-18)16-30-26-31-17-23(24(28)21-5-3-2-4-6-21)25(32-26)29-15-20-11-13-22(27)14-12-20/h2-10,17,20,22,28H,11-16,27H2,1H3,(H2,29,30,31,32). The van der Waals surface area contributed by atoms with Crippen LogP contribution in [0.5, 0.6) is 0 Å². The first-order valence-electron chi connectivity index (χ1n) is 11.4. The largest absolute Gasteiger partial charge is 0.369 e. The molecule has 32 heavy (non-hydrogen) atoms. The zero-order valence-corrected chi connectivity index (χ0v) is 18.6. The van der Waals surface area contributed by atoms with Crippen LogP contribution in [0.15, 0.2) is 60.8 Å². The molecular formula is C26H32N6. The second kappa shape index (κ2) is 10.4. The normalized spacial score (nSPS) is 18.2. The molecule has 0 saturated heterocycles. The summed E-state index contributed by atoms with van der Waals surface area (Å²) in [6.45, 7) is 3.56. The third-order valence-corrected chi connectivity index (χ3v) is 6.14. The van der Waals surface area contributed by atoms with Crippen molar-refractivity contribution in [2.45, 2.75) is 45.2 Å². The number of aryl methyl sites for hydroxylation is 1. The Bertz CT molecular complexity index is 1020. The SMILES string of the molecule is Cc1ccc(CNc2ncc(C(=N)c3ccccc3)c(NCC3CCC(N)CC3)n2)cc1. The van der Waals surface area contributed by atoms with E-state index in [1.807, 2.05) is 30.3 Å². The smallest absolute Gasteiger partial charge is 0.224 e. The molecule has 1 saturated carbocycles. The number of nitrogens with one attached hydrogen (secondary N) is 3. The average Bonchev–Trinajstić information content (AvgIpc) is 2.83. The number of aromatic nitrogens is 2. The van der Waals surface area contributed by atoms with Crippen LogP contribution in [-0.2, 0) is 6.54 Å². The van der Waals surface area contributed by atoms with E-state index in [9.17, 15) is 0 Å². The minimum Gasteiger partial charge on any atom is -0.369 e. The summed E-state index contributed by atoms with van der Waals surface area (Å²) in [5.41, 5.74) is 10.5. The van der Waals surface area contributed by atoms with Gasteiger partial charge in [0.25, 0.3) is 0 Å². The first-order chi connectivity index (χ1) is 15.6. The third kappa shape index (κ3) is 5.71. The molecule has 2 aromatic carbocycles. The van der Waals surface area contributed by atoms with E-state index >= 15 is 0 Å². The molecule has 0 bridgehead atoms. The van der Waals surface area contributed by atoms with Crippen molar-refractivity contribution in [1.82, 2.24) is 9.97 Å². The third-order valence-electron chi connectivity index (χ3n) is 6.14. The van der Waals surface area contributed by atoms with Crippen molar-refractivity contribution >= 4 is 17.5 Å². The number of nitrogens with two attached hydrogens (primary N) is 1. The molecule has 0 spiro atoms. The van der Waals surface area contributed by atoms with Crippen LogP contribution in [0.4, 0.5) is 11.8 Å². The number of anilines is 2. The molecule has 0 amide bonds. The van der Waals surface area contributed by atoms with Gasteiger partial charge in [0.05, 0.1) is 11.3 Å². The van der Waals surface area contributed by atoms with E-state index in [1.54, 1.807) is 6.20 Å². The Morgan fingerprint density at radius 1 is 1.00 bits per heavy atom. The lowest BCUT2D eigenvalue weighted by molar-refractivity contribution is 0.338. The minimum atomic E-state index is 0.338. The zero-order chi connectivity index (χ0) is 22.3.